The molecular formula is C40H43ClN8O7S. The third-order valence-electron chi connectivity index (χ3n) is 10.3. The Morgan fingerprint density at radius 3 is 2.39 bits per heavy atom. The SMILES string of the molecule is Cc1c(C(=O)NCCCCCCCCNC(=O)COc2cccc3c2C(=O)N(C2CCC(=O)NC2=O)C3=O)sc2c1C(c1ccc(Cl)cc1)=NCC1=NNC(C)N12. The first kappa shape index (κ1) is 39.6. The highest BCUT2D eigenvalue weighted by Gasteiger charge is 2.46. The van der Waals surface area contributed by atoms with E-state index in [1.165, 1.54) is 23.5 Å². The van der Waals surface area contributed by atoms with Crippen LogP contribution < -0.4 is 31.0 Å². The number of imide groups is 2. The van der Waals surface area contributed by atoms with E-state index in [1.54, 1.807) is 6.07 Å². The number of ether oxygens (including phenoxy) is 1. The molecule has 0 saturated carbocycles. The van der Waals surface area contributed by atoms with E-state index in [0.29, 0.717) is 29.5 Å². The zero-order chi connectivity index (χ0) is 40.2. The molecule has 1 saturated heterocycles. The van der Waals surface area contributed by atoms with Gasteiger partial charge in [-0.2, -0.15) is 5.10 Å². The summed E-state index contributed by atoms with van der Waals surface area (Å²) in [4.78, 5) is 84.7. The van der Waals surface area contributed by atoms with Crippen molar-refractivity contribution in [2.24, 2.45) is 10.1 Å². The lowest BCUT2D eigenvalue weighted by atomic mass is 9.99. The van der Waals surface area contributed by atoms with Gasteiger partial charge in [0.25, 0.3) is 23.6 Å². The monoisotopic (exact) mass is 814 g/mol. The number of hydrazone groups is 1. The van der Waals surface area contributed by atoms with Crippen LogP contribution in [0.1, 0.15) is 105 Å². The van der Waals surface area contributed by atoms with E-state index in [4.69, 9.17) is 21.3 Å². The summed E-state index contributed by atoms with van der Waals surface area (Å²) >= 11 is 7.63. The second kappa shape index (κ2) is 17.3. The number of aliphatic imine (C=N–C) groups is 1. The molecule has 17 heteroatoms. The number of piperidine rings is 1. The maximum atomic E-state index is 13.5. The Kier molecular flexibility index (Phi) is 12.0. The van der Waals surface area contributed by atoms with E-state index in [0.717, 1.165) is 76.7 Å². The minimum Gasteiger partial charge on any atom is -0.483 e. The summed E-state index contributed by atoms with van der Waals surface area (Å²) in [7, 11) is 0. The summed E-state index contributed by atoms with van der Waals surface area (Å²) in [5.41, 5.74) is 6.78. The third kappa shape index (κ3) is 8.28. The number of unbranched alkanes of at least 4 members (excludes halogenated alkanes) is 5. The Morgan fingerprint density at radius 1 is 0.930 bits per heavy atom. The molecule has 6 amide bonds. The van der Waals surface area contributed by atoms with Crippen LogP contribution >= 0.6 is 22.9 Å². The largest absolute Gasteiger partial charge is 0.483 e. The second-order valence-electron chi connectivity index (χ2n) is 14.3. The summed E-state index contributed by atoms with van der Waals surface area (Å²) in [6.45, 7) is 5.09. The average molecular weight is 815 g/mol. The summed E-state index contributed by atoms with van der Waals surface area (Å²) in [5.74, 6) is -2.08. The number of carbonyl (C=O) groups excluding carboxylic acids is 6. The van der Waals surface area contributed by atoms with E-state index in [1.807, 2.05) is 38.1 Å². The Morgan fingerprint density at radius 2 is 1.65 bits per heavy atom. The minimum absolute atomic E-state index is 0.00225. The quantitative estimate of drug-likeness (QED) is 0.128. The molecule has 0 aliphatic carbocycles. The van der Waals surface area contributed by atoms with E-state index >= 15 is 0 Å². The number of benzene rings is 2. The Labute approximate surface area is 338 Å². The number of nitrogens with one attached hydrogen (secondary N) is 4. The molecular weight excluding hydrogens is 772 g/mol. The number of anilines is 1. The predicted molar refractivity (Wildman–Crippen MR) is 215 cm³/mol. The summed E-state index contributed by atoms with van der Waals surface area (Å²) in [6.07, 6.45) is 5.45. The molecule has 2 aromatic carbocycles. The zero-order valence-corrected chi connectivity index (χ0v) is 33.2. The fourth-order valence-corrected chi connectivity index (χ4v) is 8.86. The van der Waals surface area contributed by atoms with Crippen molar-refractivity contribution in [3.63, 3.8) is 0 Å². The number of thiophene rings is 1. The zero-order valence-electron chi connectivity index (χ0n) is 31.6. The lowest BCUT2D eigenvalue weighted by molar-refractivity contribution is -0.136. The van der Waals surface area contributed by atoms with Crippen LogP contribution in [0.15, 0.2) is 52.6 Å². The Bertz CT molecular complexity index is 2190. The number of fused-ring (bicyclic) bond motifs is 4. The summed E-state index contributed by atoms with van der Waals surface area (Å²) < 4.78 is 5.65. The van der Waals surface area contributed by atoms with Gasteiger partial charge in [-0.25, -0.2) is 0 Å². The number of nitrogens with zero attached hydrogens (tertiary/aromatic N) is 4. The molecule has 2 atom stereocenters. The fraction of sp³-hybridized carbons (Fsp3) is 0.400. The normalized spacial score (nSPS) is 18.5. The highest BCUT2D eigenvalue weighted by Crippen LogP contribution is 2.41. The molecule has 1 fully saturated rings. The summed E-state index contributed by atoms with van der Waals surface area (Å²) in [5, 5.41) is 14.2. The highest BCUT2D eigenvalue weighted by molar-refractivity contribution is 7.19. The van der Waals surface area contributed by atoms with E-state index in [2.05, 4.69) is 31.4 Å². The molecule has 15 nitrogen and oxygen atoms in total. The van der Waals surface area contributed by atoms with Gasteiger partial charge in [0.05, 0.1) is 28.3 Å². The molecule has 57 heavy (non-hydrogen) atoms. The molecule has 4 aliphatic rings. The minimum atomic E-state index is -1.09. The Balaban J connectivity index is 0.811. The van der Waals surface area contributed by atoms with Crippen LogP contribution in [0, 0.1) is 6.92 Å². The lowest BCUT2D eigenvalue weighted by Crippen LogP contribution is -2.54. The van der Waals surface area contributed by atoms with Crippen molar-refractivity contribution >= 4 is 74.9 Å². The van der Waals surface area contributed by atoms with Crippen LogP contribution in [0.2, 0.25) is 5.02 Å². The van der Waals surface area contributed by atoms with Gasteiger partial charge < -0.3 is 15.4 Å². The first-order chi connectivity index (χ1) is 27.5. The number of hydrogen-bond donors (Lipinski definition) is 4. The molecule has 3 aromatic rings. The molecule has 298 valence electrons. The van der Waals surface area contributed by atoms with Crippen LogP contribution in [0.25, 0.3) is 0 Å². The lowest BCUT2D eigenvalue weighted by Gasteiger charge is -2.27. The second-order valence-corrected chi connectivity index (χ2v) is 15.7. The van der Waals surface area contributed by atoms with Gasteiger partial charge in [0.15, 0.2) is 12.4 Å². The number of rotatable bonds is 15. The number of hydrogen-bond acceptors (Lipinski definition) is 12. The van der Waals surface area contributed by atoms with E-state index in [-0.39, 0.29) is 54.3 Å². The fourth-order valence-electron chi connectivity index (χ4n) is 7.41. The van der Waals surface area contributed by atoms with Gasteiger partial charge in [0.1, 0.15) is 23.0 Å². The number of amidine groups is 1. The standard InChI is InChI=1S/C40H43ClN8O7S/c1-22-32-34(24-12-14-25(41)15-13-24)44-20-29-47-46-23(2)48(29)40(32)57-35(22)37(53)43-19-8-6-4-3-5-7-18-42-31(51)21-56-28-11-9-10-26-33(28)39(55)49(38(26)54)27-16-17-30(50)45-36(27)52/h9-15,23,27,46H,3-8,16-21H2,1-2H3,(H,42,51)(H,43,53)(H,45,50,52). The van der Waals surface area contributed by atoms with Crippen LogP contribution in [-0.2, 0) is 14.4 Å². The number of amides is 6. The predicted octanol–water partition coefficient (Wildman–Crippen LogP) is 4.30. The van der Waals surface area contributed by atoms with Gasteiger partial charge in [-0.05, 0) is 62.9 Å². The van der Waals surface area contributed by atoms with E-state index < -0.39 is 29.7 Å². The number of halogens is 1. The molecule has 2 unspecified atom stereocenters. The summed E-state index contributed by atoms with van der Waals surface area (Å²) in [6, 6.07) is 11.0. The first-order valence-corrected chi connectivity index (χ1v) is 20.3. The van der Waals surface area contributed by atoms with Gasteiger partial charge in [-0.1, -0.05) is 55.5 Å². The van der Waals surface area contributed by atoms with Gasteiger partial charge in [-0.3, -0.25) is 54.3 Å². The van der Waals surface area contributed by atoms with Gasteiger partial charge in [-0.15, -0.1) is 11.3 Å². The van der Waals surface area contributed by atoms with Gasteiger partial charge >= 0.3 is 0 Å². The average Bonchev–Trinajstić information content (AvgIpc) is 3.77. The molecule has 4 N–H and O–H groups in total. The van der Waals surface area contributed by atoms with E-state index in [9.17, 15) is 28.8 Å². The molecule has 0 radical (unpaired) electrons. The Hall–Kier alpha value is -5.61. The molecule has 4 aliphatic heterocycles. The first-order valence-electron chi connectivity index (χ1n) is 19.1. The van der Waals surface area contributed by atoms with Crippen LogP contribution in [-0.4, -0.2) is 90.3 Å². The van der Waals surface area contributed by atoms with Crippen LogP contribution in [0.3, 0.4) is 0 Å². The molecule has 0 bridgehead atoms. The molecule has 7 rings (SSSR count). The topological polar surface area (TPSA) is 191 Å². The number of carbonyl (C=O) groups is 6. The van der Waals surface area contributed by atoms with Crippen LogP contribution in [0.4, 0.5) is 5.00 Å². The molecule has 5 heterocycles. The van der Waals surface area contributed by atoms with Crippen molar-refractivity contribution < 1.29 is 33.5 Å². The van der Waals surface area contributed by atoms with Crippen molar-refractivity contribution in [2.75, 3.05) is 31.1 Å². The molecule has 0 spiro atoms. The van der Waals surface area contributed by atoms with Crippen molar-refractivity contribution in [2.45, 2.75) is 77.4 Å². The van der Waals surface area contributed by atoms with Crippen LogP contribution in [0.5, 0.6) is 5.75 Å². The van der Waals surface area contributed by atoms with Crippen molar-refractivity contribution in [3.8, 4) is 5.75 Å². The third-order valence-corrected chi connectivity index (χ3v) is 11.9. The maximum Gasteiger partial charge on any atom is 0.266 e. The smallest absolute Gasteiger partial charge is 0.266 e. The van der Waals surface area contributed by atoms with Crippen molar-refractivity contribution in [3.05, 3.63) is 80.2 Å². The van der Waals surface area contributed by atoms with Gasteiger partial charge in [0, 0.05) is 35.7 Å². The van der Waals surface area contributed by atoms with Gasteiger partial charge in [0.2, 0.25) is 11.8 Å². The highest BCUT2D eigenvalue weighted by atomic mass is 35.5. The molecule has 1 aromatic heterocycles. The van der Waals surface area contributed by atoms with Crippen molar-refractivity contribution in [1.82, 2.24) is 26.3 Å². The maximum absolute atomic E-state index is 13.5. The van der Waals surface area contributed by atoms with Crippen molar-refractivity contribution in [1.29, 1.82) is 0 Å².